The van der Waals surface area contributed by atoms with Crippen LogP contribution in [0.15, 0.2) is 39.5 Å². The number of hydrogen-bond acceptors (Lipinski definition) is 4. The highest BCUT2D eigenvalue weighted by atomic mass is 79.9. The van der Waals surface area contributed by atoms with Gasteiger partial charge in [-0.15, -0.1) is 0 Å². The van der Waals surface area contributed by atoms with E-state index in [9.17, 15) is 10.1 Å². The average molecular weight is 341 g/mol. The second-order valence-electron chi connectivity index (χ2n) is 4.30. The van der Waals surface area contributed by atoms with E-state index in [1.165, 1.54) is 11.6 Å². The number of nitrogens with one attached hydrogen (secondary N) is 1. The minimum atomic E-state index is -0.369. The summed E-state index contributed by atoms with van der Waals surface area (Å²) in [6, 6.07) is 7.11. The molecule has 0 spiro atoms. The lowest BCUT2D eigenvalue weighted by molar-refractivity contribution is -0.384. The lowest BCUT2D eigenvalue weighted by atomic mass is 10.1. The van der Waals surface area contributed by atoms with Gasteiger partial charge in [-0.2, -0.15) is 11.3 Å². The molecule has 2 rings (SSSR count). The van der Waals surface area contributed by atoms with Crippen molar-refractivity contribution in [3.63, 3.8) is 0 Å². The van der Waals surface area contributed by atoms with Crippen molar-refractivity contribution in [2.24, 2.45) is 0 Å². The number of nitro benzene ring substituents is 1. The van der Waals surface area contributed by atoms with Crippen LogP contribution in [0.2, 0.25) is 0 Å². The first-order chi connectivity index (χ1) is 9.06. The predicted octanol–water partition coefficient (Wildman–Crippen LogP) is 4.46. The zero-order valence-corrected chi connectivity index (χ0v) is 12.7. The molecule has 0 saturated carbocycles. The van der Waals surface area contributed by atoms with Crippen molar-refractivity contribution in [3.8, 4) is 0 Å². The summed E-state index contributed by atoms with van der Waals surface area (Å²) >= 11 is 4.99. The summed E-state index contributed by atoms with van der Waals surface area (Å²) in [5.41, 5.74) is 1.88. The Labute approximate surface area is 123 Å². The molecule has 19 heavy (non-hydrogen) atoms. The third-order valence-electron chi connectivity index (χ3n) is 2.68. The lowest BCUT2D eigenvalue weighted by Gasteiger charge is -2.15. The number of anilines is 1. The Morgan fingerprint density at radius 2 is 2.26 bits per heavy atom. The molecule has 0 aliphatic heterocycles. The summed E-state index contributed by atoms with van der Waals surface area (Å²) in [6.07, 6.45) is 0.840. The number of nitrogens with zero attached hydrogens (tertiary/aromatic N) is 1. The van der Waals surface area contributed by atoms with E-state index in [1.54, 1.807) is 23.5 Å². The van der Waals surface area contributed by atoms with Gasteiger partial charge in [-0.05, 0) is 47.9 Å². The van der Waals surface area contributed by atoms with Crippen molar-refractivity contribution in [2.75, 3.05) is 5.32 Å². The zero-order chi connectivity index (χ0) is 13.8. The number of nitro groups is 1. The predicted molar refractivity (Wildman–Crippen MR) is 81.9 cm³/mol. The van der Waals surface area contributed by atoms with Gasteiger partial charge in [-0.25, -0.2) is 0 Å². The van der Waals surface area contributed by atoms with Crippen molar-refractivity contribution in [3.05, 3.63) is 55.2 Å². The van der Waals surface area contributed by atoms with Crippen molar-refractivity contribution >= 4 is 38.6 Å². The summed E-state index contributed by atoms with van der Waals surface area (Å²) in [4.78, 5) is 10.6. The van der Waals surface area contributed by atoms with Gasteiger partial charge in [0.2, 0.25) is 0 Å². The molecule has 1 N–H and O–H groups in total. The molecule has 0 fully saturated rings. The third kappa shape index (κ3) is 3.78. The Balaban J connectivity index is 2.13. The van der Waals surface area contributed by atoms with Crippen molar-refractivity contribution in [1.29, 1.82) is 0 Å². The van der Waals surface area contributed by atoms with Crippen LogP contribution in [-0.2, 0) is 6.42 Å². The summed E-state index contributed by atoms with van der Waals surface area (Å²) in [6.45, 7) is 2.02. The maximum absolute atomic E-state index is 11.0. The highest BCUT2D eigenvalue weighted by Gasteiger charge is 2.15. The molecule has 0 amide bonds. The second-order valence-corrected chi connectivity index (χ2v) is 6.00. The number of benzene rings is 1. The molecule has 0 bridgehead atoms. The largest absolute Gasteiger partial charge is 0.377 e. The van der Waals surface area contributed by atoms with Crippen LogP contribution in [0.25, 0.3) is 0 Å². The first-order valence-electron chi connectivity index (χ1n) is 5.78. The minimum Gasteiger partial charge on any atom is -0.377 e. The van der Waals surface area contributed by atoms with Crippen molar-refractivity contribution in [2.45, 2.75) is 19.4 Å². The molecule has 0 aliphatic carbocycles. The SMILES string of the molecule is CC(Cc1ccsc1)Nc1cc(Br)ccc1[N+](=O)[O-]. The average Bonchev–Trinajstić information content (AvgIpc) is 2.81. The molecule has 0 saturated heterocycles. The molecule has 2 aromatic rings. The van der Waals surface area contributed by atoms with E-state index in [0.717, 1.165) is 10.9 Å². The van der Waals surface area contributed by atoms with Gasteiger partial charge in [0.05, 0.1) is 4.92 Å². The molecule has 1 unspecified atom stereocenters. The van der Waals surface area contributed by atoms with Crippen molar-refractivity contribution < 1.29 is 4.92 Å². The normalized spacial score (nSPS) is 12.1. The van der Waals surface area contributed by atoms with Crippen LogP contribution in [0.3, 0.4) is 0 Å². The Hall–Kier alpha value is -1.40. The van der Waals surface area contributed by atoms with Crippen molar-refractivity contribution in [1.82, 2.24) is 0 Å². The Bertz CT molecular complexity index is 572. The number of rotatable bonds is 5. The molecule has 100 valence electrons. The Morgan fingerprint density at radius 1 is 1.47 bits per heavy atom. The van der Waals surface area contributed by atoms with E-state index in [1.807, 2.05) is 12.3 Å². The van der Waals surface area contributed by atoms with Gasteiger partial charge in [0.1, 0.15) is 5.69 Å². The molecule has 1 aromatic carbocycles. The summed E-state index contributed by atoms with van der Waals surface area (Å²) in [7, 11) is 0. The maximum Gasteiger partial charge on any atom is 0.292 e. The van der Waals surface area contributed by atoms with E-state index in [4.69, 9.17) is 0 Å². The summed E-state index contributed by atoms with van der Waals surface area (Å²) < 4.78 is 0.823. The van der Waals surface area contributed by atoms with E-state index in [2.05, 4.69) is 32.7 Å². The molecule has 6 heteroatoms. The van der Waals surface area contributed by atoms with E-state index >= 15 is 0 Å². The van der Waals surface area contributed by atoms with Gasteiger partial charge in [-0.3, -0.25) is 10.1 Å². The van der Waals surface area contributed by atoms with E-state index in [0.29, 0.717) is 5.69 Å². The van der Waals surface area contributed by atoms with Gasteiger partial charge < -0.3 is 5.32 Å². The Kier molecular flexibility index (Phi) is 4.55. The van der Waals surface area contributed by atoms with Crippen LogP contribution in [0, 0.1) is 10.1 Å². The van der Waals surface area contributed by atoms with Crippen LogP contribution < -0.4 is 5.32 Å². The molecular weight excluding hydrogens is 328 g/mol. The monoisotopic (exact) mass is 340 g/mol. The van der Waals surface area contributed by atoms with E-state index < -0.39 is 0 Å². The second kappa shape index (κ2) is 6.16. The maximum atomic E-state index is 11.0. The quantitative estimate of drug-likeness (QED) is 0.645. The lowest BCUT2D eigenvalue weighted by Crippen LogP contribution is -2.18. The molecule has 1 atom stereocenters. The first-order valence-corrected chi connectivity index (χ1v) is 7.51. The van der Waals surface area contributed by atoms with Crippen LogP contribution in [0.4, 0.5) is 11.4 Å². The first kappa shape index (κ1) is 14.0. The molecule has 1 aromatic heterocycles. The minimum absolute atomic E-state index is 0.0976. The van der Waals surface area contributed by atoms with Crippen LogP contribution in [-0.4, -0.2) is 11.0 Å². The third-order valence-corrected chi connectivity index (χ3v) is 3.90. The Morgan fingerprint density at radius 3 is 2.89 bits per heavy atom. The molecule has 1 heterocycles. The summed E-state index contributed by atoms with van der Waals surface area (Å²) in [5.74, 6) is 0. The highest BCUT2D eigenvalue weighted by Crippen LogP contribution is 2.28. The van der Waals surface area contributed by atoms with Crippen LogP contribution >= 0.6 is 27.3 Å². The fourth-order valence-electron chi connectivity index (χ4n) is 1.86. The number of thiophene rings is 1. The fourth-order valence-corrected chi connectivity index (χ4v) is 2.90. The van der Waals surface area contributed by atoms with Gasteiger partial charge in [0.25, 0.3) is 5.69 Å². The number of halogens is 1. The van der Waals surface area contributed by atoms with Gasteiger partial charge in [0.15, 0.2) is 0 Å². The van der Waals surface area contributed by atoms with Gasteiger partial charge in [-0.1, -0.05) is 15.9 Å². The topological polar surface area (TPSA) is 55.2 Å². The smallest absolute Gasteiger partial charge is 0.292 e. The molecular formula is C13H13BrN2O2S. The van der Waals surface area contributed by atoms with Gasteiger partial charge in [0, 0.05) is 16.6 Å². The van der Waals surface area contributed by atoms with Crippen LogP contribution in [0.5, 0.6) is 0 Å². The molecule has 0 aliphatic rings. The van der Waals surface area contributed by atoms with Crippen LogP contribution in [0.1, 0.15) is 12.5 Å². The van der Waals surface area contributed by atoms with Gasteiger partial charge >= 0.3 is 0 Å². The zero-order valence-electron chi connectivity index (χ0n) is 10.3. The van der Waals surface area contributed by atoms with E-state index in [-0.39, 0.29) is 16.7 Å². The highest BCUT2D eigenvalue weighted by molar-refractivity contribution is 9.10. The summed E-state index contributed by atoms with van der Waals surface area (Å²) in [5, 5.41) is 18.3. The molecule has 0 radical (unpaired) electrons. The standard InChI is InChI=1S/C13H13BrN2O2S/c1-9(6-10-4-5-19-8-10)15-12-7-11(14)2-3-13(12)16(17)18/h2-5,7-9,15H,6H2,1H3. The molecule has 4 nitrogen and oxygen atoms in total. The number of hydrogen-bond donors (Lipinski definition) is 1. The fraction of sp³-hybridized carbons (Fsp3) is 0.231.